The molecule has 0 saturated carbocycles. The SMILES string of the molecule is CCn1nc(C)cc1-c1nc(N2CCNCC2)n[nH]1. The Bertz CT molecular complexity index is 550. The zero-order chi connectivity index (χ0) is 13.2. The highest BCUT2D eigenvalue weighted by atomic mass is 15.4. The van der Waals surface area contributed by atoms with Gasteiger partial charge in [0.1, 0.15) is 5.69 Å². The van der Waals surface area contributed by atoms with E-state index in [1.54, 1.807) is 0 Å². The van der Waals surface area contributed by atoms with Gasteiger partial charge in [-0.3, -0.25) is 9.78 Å². The average molecular weight is 261 g/mol. The summed E-state index contributed by atoms with van der Waals surface area (Å²) in [5, 5.41) is 15.1. The van der Waals surface area contributed by atoms with Crippen LogP contribution in [0.25, 0.3) is 11.5 Å². The molecule has 19 heavy (non-hydrogen) atoms. The van der Waals surface area contributed by atoms with Crippen molar-refractivity contribution >= 4 is 5.95 Å². The Balaban J connectivity index is 1.87. The number of aromatic nitrogens is 5. The van der Waals surface area contributed by atoms with Gasteiger partial charge >= 0.3 is 0 Å². The van der Waals surface area contributed by atoms with E-state index < -0.39 is 0 Å². The molecule has 1 saturated heterocycles. The first-order valence-electron chi connectivity index (χ1n) is 6.71. The van der Waals surface area contributed by atoms with Gasteiger partial charge in [0.25, 0.3) is 0 Å². The van der Waals surface area contributed by atoms with Crippen LogP contribution >= 0.6 is 0 Å². The highest BCUT2D eigenvalue weighted by molar-refractivity contribution is 5.52. The van der Waals surface area contributed by atoms with E-state index >= 15 is 0 Å². The average Bonchev–Trinajstić information content (AvgIpc) is 3.05. The Kier molecular flexibility index (Phi) is 3.20. The summed E-state index contributed by atoms with van der Waals surface area (Å²) in [5.41, 5.74) is 1.99. The molecule has 102 valence electrons. The zero-order valence-electron chi connectivity index (χ0n) is 11.3. The van der Waals surface area contributed by atoms with Crippen molar-refractivity contribution in [1.29, 1.82) is 0 Å². The minimum absolute atomic E-state index is 0.776. The van der Waals surface area contributed by atoms with E-state index in [4.69, 9.17) is 0 Å². The molecule has 0 radical (unpaired) electrons. The van der Waals surface area contributed by atoms with Gasteiger partial charge in [-0.2, -0.15) is 10.1 Å². The Morgan fingerprint density at radius 2 is 2.11 bits per heavy atom. The molecule has 1 aliphatic rings. The van der Waals surface area contributed by atoms with Crippen LogP contribution in [0.4, 0.5) is 5.95 Å². The number of hydrogen-bond acceptors (Lipinski definition) is 5. The molecule has 7 nitrogen and oxygen atoms in total. The Morgan fingerprint density at radius 1 is 1.32 bits per heavy atom. The fraction of sp³-hybridized carbons (Fsp3) is 0.583. The molecule has 0 spiro atoms. The maximum absolute atomic E-state index is 4.60. The van der Waals surface area contributed by atoms with Gasteiger partial charge in [0, 0.05) is 32.7 Å². The van der Waals surface area contributed by atoms with Gasteiger partial charge in [-0.05, 0) is 19.9 Å². The molecule has 0 amide bonds. The number of hydrogen-bond donors (Lipinski definition) is 2. The molecule has 2 aromatic rings. The molecule has 3 rings (SSSR count). The predicted molar refractivity (Wildman–Crippen MR) is 73.1 cm³/mol. The third-order valence-electron chi connectivity index (χ3n) is 3.32. The van der Waals surface area contributed by atoms with Crippen molar-refractivity contribution in [3.05, 3.63) is 11.8 Å². The largest absolute Gasteiger partial charge is 0.337 e. The number of aromatic amines is 1. The van der Waals surface area contributed by atoms with Gasteiger partial charge in [0.2, 0.25) is 5.95 Å². The van der Waals surface area contributed by atoms with Crippen molar-refractivity contribution in [1.82, 2.24) is 30.3 Å². The van der Waals surface area contributed by atoms with E-state index in [0.717, 1.165) is 55.9 Å². The van der Waals surface area contributed by atoms with Crippen LogP contribution in [0.5, 0.6) is 0 Å². The summed E-state index contributed by atoms with van der Waals surface area (Å²) in [5.74, 6) is 1.56. The lowest BCUT2D eigenvalue weighted by molar-refractivity contribution is 0.580. The molecule has 1 fully saturated rings. The fourth-order valence-electron chi connectivity index (χ4n) is 2.35. The minimum Gasteiger partial charge on any atom is -0.337 e. The summed E-state index contributed by atoms with van der Waals surface area (Å²) < 4.78 is 1.94. The Labute approximate surface area is 112 Å². The molecule has 0 bridgehead atoms. The van der Waals surface area contributed by atoms with Crippen LogP contribution in [0.2, 0.25) is 0 Å². The molecule has 0 atom stereocenters. The topological polar surface area (TPSA) is 74.7 Å². The lowest BCUT2D eigenvalue weighted by Crippen LogP contribution is -2.44. The fourth-order valence-corrected chi connectivity index (χ4v) is 2.35. The molecule has 0 aromatic carbocycles. The first-order valence-corrected chi connectivity index (χ1v) is 6.71. The highest BCUT2D eigenvalue weighted by Crippen LogP contribution is 2.19. The molecule has 0 unspecified atom stereocenters. The molecule has 0 aliphatic carbocycles. The minimum atomic E-state index is 0.776. The maximum Gasteiger partial charge on any atom is 0.245 e. The smallest absolute Gasteiger partial charge is 0.245 e. The lowest BCUT2D eigenvalue weighted by Gasteiger charge is -2.25. The normalized spacial score (nSPS) is 16.0. The van der Waals surface area contributed by atoms with Crippen molar-refractivity contribution in [2.75, 3.05) is 31.1 Å². The first-order chi connectivity index (χ1) is 9.28. The van der Waals surface area contributed by atoms with Gasteiger partial charge in [-0.15, -0.1) is 5.10 Å². The van der Waals surface area contributed by atoms with E-state index in [0.29, 0.717) is 0 Å². The summed E-state index contributed by atoms with van der Waals surface area (Å²) in [6, 6.07) is 2.03. The lowest BCUT2D eigenvalue weighted by atomic mass is 10.3. The molecule has 2 N–H and O–H groups in total. The van der Waals surface area contributed by atoms with Crippen LogP contribution in [0.1, 0.15) is 12.6 Å². The van der Waals surface area contributed by atoms with Crippen LogP contribution in [0.3, 0.4) is 0 Å². The summed E-state index contributed by atoms with van der Waals surface area (Å²) >= 11 is 0. The summed E-state index contributed by atoms with van der Waals surface area (Å²) in [7, 11) is 0. The van der Waals surface area contributed by atoms with Crippen LogP contribution in [-0.2, 0) is 6.54 Å². The van der Waals surface area contributed by atoms with Crippen molar-refractivity contribution < 1.29 is 0 Å². The molecule has 1 aliphatic heterocycles. The number of H-pyrrole nitrogens is 1. The predicted octanol–water partition coefficient (Wildman–Crippen LogP) is 0.406. The van der Waals surface area contributed by atoms with Crippen LogP contribution in [-0.4, -0.2) is 51.1 Å². The van der Waals surface area contributed by atoms with E-state index in [-0.39, 0.29) is 0 Å². The number of rotatable bonds is 3. The molecule has 7 heteroatoms. The van der Waals surface area contributed by atoms with E-state index in [2.05, 4.69) is 37.4 Å². The van der Waals surface area contributed by atoms with Crippen molar-refractivity contribution in [2.45, 2.75) is 20.4 Å². The summed E-state index contributed by atoms with van der Waals surface area (Å²) in [6.45, 7) is 8.75. The molecular formula is C12H19N7. The quantitative estimate of drug-likeness (QED) is 0.837. The summed E-state index contributed by atoms with van der Waals surface area (Å²) in [4.78, 5) is 6.79. The number of aryl methyl sites for hydroxylation is 2. The van der Waals surface area contributed by atoms with Crippen LogP contribution < -0.4 is 10.2 Å². The van der Waals surface area contributed by atoms with Gasteiger partial charge in [0.05, 0.1) is 5.69 Å². The van der Waals surface area contributed by atoms with Gasteiger partial charge in [-0.25, -0.2) is 0 Å². The van der Waals surface area contributed by atoms with Gasteiger partial charge in [0.15, 0.2) is 5.82 Å². The second-order valence-corrected chi connectivity index (χ2v) is 4.71. The second kappa shape index (κ2) is 5.00. The van der Waals surface area contributed by atoms with Crippen LogP contribution in [0, 0.1) is 6.92 Å². The maximum atomic E-state index is 4.60. The first kappa shape index (κ1) is 12.2. The molecule has 2 aromatic heterocycles. The van der Waals surface area contributed by atoms with E-state index in [1.807, 2.05) is 17.7 Å². The standard InChI is InChI=1S/C12H19N7/c1-3-19-10(8-9(2)17-19)11-14-12(16-15-11)18-6-4-13-5-7-18/h8,13H,3-7H2,1-2H3,(H,14,15,16). The monoisotopic (exact) mass is 261 g/mol. The van der Waals surface area contributed by atoms with Gasteiger partial charge in [-0.1, -0.05) is 0 Å². The second-order valence-electron chi connectivity index (χ2n) is 4.71. The third-order valence-corrected chi connectivity index (χ3v) is 3.32. The number of nitrogens with zero attached hydrogens (tertiary/aromatic N) is 5. The third kappa shape index (κ3) is 2.33. The van der Waals surface area contributed by atoms with E-state index in [9.17, 15) is 0 Å². The van der Waals surface area contributed by atoms with Crippen molar-refractivity contribution in [2.24, 2.45) is 0 Å². The number of piperazine rings is 1. The van der Waals surface area contributed by atoms with Crippen LogP contribution in [0.15, 0.2) is 6.07 Å². The van der Waals surface area contributed by atoms with Gasteiger partial charge < -0.3 is 10.2 Å². The Morgan fingerprint density at radius 3 is 2.84 bits per heavy atom. The van der Waals surface area contributed by atoms with Crippen molar-refractivity contribution in [3.63, 3.8) is 0 Å². The highest BCUT2D eigenvalue weighted by Gasteiger charge is 2.17. The van der Waals surface area contributed by atoms with Crippen molar-refractivity contribution in [3.8, 4) is 11.5 Å². The molecule has 3 heterocycles. The zero-order valence-corrected chi connectivity index (χ0v) is 11.3. The molecular weight excluding hydrogens is 242 g/mol. The Hall–Kier alpha value is -1.89. The van der Waals surface area contributed by atoms with E-state index in [1.165, 1.54) is 0 Å². The summed E-state index contributed by atoms with van der Waals surface area (Å²) in [6.07, 6.45) is 0. The number of nitrogens with one attached hydrogen (secondary N) is 2. The number of anilines is 1.